The summed E-state index contributed by atoms with van der Waals surface area (Å²) < 4.78 is 1.76. The SMILES string of the molecule is Cc1cccc(NC(=O)C(=O)NCC(O)c2cccn2C)c1C. The zero-order valence-corrected chi connectivity index (χ0v) is 13.5. The lowest BCUT2D eigenvalue weighted by molar-refractivity contribution is -0.136. The third kappa shape index (κ3) is 3.98. The van der Waals surface area contributed by atoms with Crippen LogP contribution in [0.4, 0.5) is 5.69 Å². The fraction of sp³-hybridized carbons (Fsp3) is 0.294. The summed E-state index contributed by atoms with van der Waals surface area (Å²) in [4.78, 5) is 23.8. The normalized spacial score (nSPS) is 11.8. The number of nitrogens with zero attached hydrogens (tertiary/aromatic N) is 1. The first-order valence-corrected chi connectivity index (χ1v) is 7.35. The average Bonchev–Trinajstić information content (AvgIpc) is 2.95. The van der Waals surface area contributed by atoms with Crippen molar-refractivity contribution in [3.05, 3.63) is 53.3 Å². The molecule has 3 N–H and O–H groups in total. The number of aromatic nitrogens is 1. The summed E-state index contributed by atoms with van der Waals surface area (Å²) in [7, 11) is 1.80. The van der Waals surface area contributed by atoms with Crippen LogP contribution < -0.4 is 10.6 Å². The summed E-state index contributed by atoms with van der Waals surface area (Å²) in [5, 5.41) is 15.0. The van der Waals surface area contributed by atoms with E-state index in [-0.39, 0.29) is 6.54 Å². The number of amides is 2. The van der Waals surface area contributed by atoms with Crippen LogP contribution in [0.15, 0.2) is 36.5 Å². The number of hydrogen-bond acceptors (Lipinski definition) is 3. The molecule has 6 heteroatoms. The first kappa shape index (κ1) is 16.8. The molecule has 0 bridgehead atoms. The third-order valence-corrected chi connectivity index (χ3v) is 3.84. The highest BCUT2D eigenvalue weighted by molar-refractivity contribution is 6.39. The summed E-state index contributed by atoms with van der Waals surface area (Å²) in [5.41, 5.74) is 3.22. The molecule has 0 saturated heterocycles. The van der Waals surface area contributed by atoms with Crippen LogP contribution in [-0.2, 0) is 16.6 Å². The number of benzene rings is 1. The van der Waals surface area contributed by atoms with Gasteiger partial charge in [-0.25, -0.2) is 0 Å². The second-order valence-corrected chi connectivity index (χ2v) is 5.47. The fourth-order valence-corrected chi connectivity index (χ4v) is 2.26. The van der Waals surface area contributed by atoms with Gasteiger partial charge >= 0.3 is 11.8 Å². The third-order valence-electron chi connectivity index (χ3n) is 3.84. The van der Waals surface area contributed by atoms with E-state index >= 15 is 0 Å². The molecule has 122 valence electrons. The molecule has 0 saturated carbocycles. The summed E-state index contributed by atoms with van der Waals surface area (Å²) in [5.74, 6) is -1.53. The quantitative estimate of drug-likeness (QED) is 0.746. The first-order chi connectivity index (χ1) is 10.9. The molecule has 1 aromatic carbocycles. The van der Waals surface area contributed by atoms with E-state index < -0.39 is 17.9 Å². The number of hydrogen-bond donors (Lipinski definition) is 3. The largest absolute Gasteiger partial charge is 0.385 e. The van der Waals surface area contributed by atoms with E-state index in [4.69, 9.17) is 0 Å². The zero-order chi connectivity index (χ0) is 17.0. The van der Waals surface area contributed by atoms with Crippen LogP contribution in [0.3, 0.4) is 0 Å². The first-order valence-electron chi connectivity index (χ1n) is 7.35. The second kappa shape index (κ2) is 7.11. The number of carbonyl (C=O) groups excluding carboxylic acids is 2. The Morgan fingerprint density at radius 3 is 2.57 bits per heavy atom. The number of aliphatic hydroxyl groups is 1. The van der Waals surface area contributed by atoms with E-state index in [1.54, 1.807) is 36.0 Å². The molecule has 0 spiro atoms. The Labute approximate surface area is 135 Å². The van der Waals surface area contributed by atoms with Crippen molar-refractivity contribution in [2.24, 2.45) is 7.05 Å². The van der Waals surface area contributed by atoms with Gasteiger partial charge in [-0.1, -0.05) is 12.1 Å². The lowest BCUT2D eigenvalue weighted by Gasteiger charge is -2.14. The van der Waals surface area contributed by atoms with Gasteiger partial charge in [-0.3, -0.25) is 9.59 Å². The predicted octanol–water partition coefficient (Wildman–Crippen LogP) is 1.43. The van der Waals surface area contributed by atoms with Crippen LogP contribution in [0.5, 0.6) is 0 Å². The Balaban J connectivity index is 1.92. The molecular weight excluding hydrogens is 294 g/mol. The number of aliphatic hydroxyl groups excluding tert-OH is 1. The Morgan fingerprint density at radius 2 is 1.91 bits per heavy atom. The van der Waals surface area contributed by atoms with Crippen LogP contribution in [-0.4, -0.2) is 28.0 Å². The molecule has 23 heavy (non-hydrogen) atoms. The predicted molar refractivity (Wildman–Crippen MR) is 87.9 cm³/mol. The summed E-state index contributed by atoms with van der Waals surface area (Å²) >= 11 is 0. The van der Waals surface area contributed by atoms with Gasteiger partial charge in [0.05, 0.1) is 0 Å². The van der Waals surface area contributed by atoms with E-state index in [9.17, 15) is 14.7 Å². The van der Waals surface area contributed by atoms with Crippen molar-refractivity contribution in [1.29, 1.82) is 0 Å². The Hall–Kier alpha value is -2.60. The van der Waals surface area contributed by atoms with E-state index in [0.29, 0.717) is 11.4 Å². The minimum absolute atomic E-state index is 0.0308. The Kier molecular flexibility index (Phi) is 5.18. The van der Waals surface area contributed by atoms with Crippen LogP contribution in [0.25, 0.3) is 0 Å². The van der Waals surface area contributed by atoms with E-state index in [1.807, 2.05) is 26.0 Å². The van der Waals surface area contributed by atoms with Crippen molar-refractivity contribution in [1.82, 2.24) is 9.88 Å². The molecule has 1 unspecified atom stereocenters. The Morgan fingerprint density at radius 1 is 1.17 bits per heavy atom. The van der Waals surface area contributed by atoms with Gasteiger partial charge in [-0.15, -0.1) is 0 Å². The average molecular weight is 315 g/mol. The number of rotatable bonds is 4. The fourth-order valence-electron chi connectivity index (χ4n) is 2.26. The monoisotopic (exact) mass is 315 g/mol. The molecule has 0 fully saturated rings. The summed E-state index contributed by atoms with van der Waals surface area (Å²) in [6.45, 7) is 3.78. The maximum atomic E-state index is 11.9. The maximum Gasteiger partial charge on any atom is 0.313 e. The maximum absolute atomic E-state index is 11.9. The number of nitrogens with one attached hydrogen (secondary N) is 2. The molecule has 0 aliphatic heterocycles. The molecule has 0 radical (unpaired) electrons. The highest BCUT2D eigenvalue weighted by Gasteiger charge is 2.17. The summed E-state index contributed by atoms with van der Waals surface area (Å²) in [6, 6.07) is 9.04. The molecule has 1 heterocycles. The number of aryl methyl sites for hydroxylation is 2. The standard InChI is InChI=1S/C17H21N3O3/c1-11-6-4-7-13(12(11)2)19-17(23)16(22)18-10-15(21)14-8-5-9-20(14)3/h4-9,15,21H,10H2,1-3H3,(H,18,22)(H,19,23). The van der Waals surface area contributed by atoms with E-state index in [2.05, 4.69) is 10.6 Å². The molecule has 1 aromatic heterocycles. The van der Waals surface area contributed by atoms with Crippen LogP contribution in [0.2, 0.25) is 0 Å². The van der Waals surface area contributed by atoms with Crippen molar-refractivity contribution in [3.63, 3.8) is 0 Å². The van der Waals surface area contributed by atoms with Crippen LogP contribution >= 0.6 is 0 Å². The molecule has 1 atom stereocenters. The smallest absolute Gasteiger partial charge is 0.313 e. The molecule has 0 aliphatic carbocycles. The molecule has 6 nitrogen and oxygen atoms in total. The van der Waals surface area contributed by atoms with Gasteiger partial charge < -0.3 is 20.3 Å². The van der Waals surface area contributed by atoms with Crippen molar-refractivity contribution in [3.8, 4) is 0 Å². The minimum atomic E-state index is -0.868. The lowest BCUT2D eigenvalue weighted by atomic mass is 10.1. The number of anilines is 1. The minimum Gasteiger partial charge on any atom is -0.385 e. The van der Waals surface area contributed by atoms with Crippen molar-refractivity contribution in [2.45, 2.75) is 20.0 Å². The van der Waals surface area contributed by atoms with Crippen molar-refractivity contribution >= 4 is 17.5 Å². The van der Waals surface area contributed by atoms with Crippen LogP contribution in [0.1, 0.15) is 22.9 Å². The Bertz CT molecular complexity index is 722. The highest BCUT2D eigenvalue weighted by Crippen LogP contribution is 2.17. The molecule has 2 aromatic rings. The van der Waals surface area contributed by atoms with E-state index in [1.165, 1.54) is 0 Å². The van der Waals surface area contributed by atoms with Gasteiger partial charge in [-0.2, -0.15) is 0 Å². The van der Waals surface area contributed by atoms with Crippen LogP contribution in [0, 0.1) is 13.8 Å². The molecule has 0 aliphatic rings. The number of carbonyl (C=O) groups is 2. The van der Waals surface area contributed by atoms with Gasteiger partial charge in [0.1, 0.15) is 6.10 Å². The van der Waals surface area contributed by atoms with Gasteiger partial charge in [0.25, 0.3) is 0 Å². The second-order valence-electron chi connectivity index (χ2n) is 5.47. The van der Waals surface area contributed by atoms with E-state index in [0.717, 1.165) is 11.1 Å². The van der Waals surface area contributed by atoms with Gasteiger partial charge in [0.15, 0.2) is 0 Å². The topological polar surface area (TPSA) is 83.4 Å². The van der Waals surface area contributed by atoms with Crippen molar-refractivity contribution in [2.75, 3.05) is 11.9 Å². The zero-order valence-electron chi connectivity index (χ0n) is 13.5. The lowest BCUT2D eigenvalue weighted by Crippen LogP contribution is -2.38. The van der Waals surface area contributed by atoms with Gasteiger partial charge in [0, 0.05) is 31.2 Å². The van der Waals surface area contributed by atoms with Gasteiger partial charge in [-0.05, 0) is 43.2 Å². The summed E-state index contributed by atoms with van der Waals surface area (Å²) in [6.07, 6.45) is 0.931. The van der Waals surface area contributed by atoms with Gasteiger partial charge in [0.2, 0.25) is 0 Å². The molecule has 2 amide bonds. The molecular formula is C17H21N3O3. The van der Waals surface area contributed by atoms with Crippen molar-refractivity contribution < 1.29 is 14.7 Å². The molecule has 2 rings (SSSR count). The highest BCUT2D eigenvalue weighted by atomic mass is 16.3.